The lowest BCUT2D eigenvalue weighted by molar-refractivity contribution is -0.384. The molecule has 1 amide bonds. The quantitative estimate of drug-likeness (QED) is 0.593. The maximum absolute atomic E-state index is 11.6. The Balaban J connectivity index is 1.81. The van der Waals surface area contributed by atoms with Crippen molar-refractivity contribution in [1.82, 2.24) is 5.32 Å². The predicted octanol–water partition coefficient (Wildman–Crippen LogP) is 1.68. The molecule has 1 fully saturated rings. The number of anilines is 1. The molecule has 96 valence electrons. The Labute approximate surface area is 105 Å². The van der Waals surface area contributed by atoms with Gasteiger partial charge in [0.2, 0.25) is 5.91 Å². The van der Waals surface area contributed by atoms with Crippen LogP contribution in [0.5, 0.6) is 0 Å². The van der Waals surface area contributed by atoms with Crippen LogP contribution >= 0.6 is 0 Å². The summed E-state index contributed by atoms with van der Waals surface area (Å²) in [6.07, 6.45) is 2.75. The van der Waals surface area contributed by atoms with Gasteiger partial charge in [-0.1, -0.05) is 6.07 Å². The maximum Gasteiger partial charge on any atom is 0.271 e. The minimum absolute atomic E-state index is 0.0242. The van der Waals surface area contributed by atoms with Crippen LogP contribution in [-0.2, 0) is 4.79 Å². The number of carbonyl (C=O) groups excluding carboxylic acids is 1. The Hall–Kier alpha value is -1.95. The molecular weight excluding hydrogens is 234 g/mol. The van der Waals surface area contributed by atoms with Gasteiger partial charge < -0.3 is 10.6 Å². The number of carbonyl (C=O) groups is 1. The van der Waals surface area contributed by atoms with Crippen molar-refractivity contribution in [2.24, 2.45) is 0 Å². The van der Waals surface area contributed by atoms with Crippen molar-refractivity contribution < 1.29 is 9.72 Å². The summed E-state index contributed by atoms with van der Waals surface area (Å²) in [5, 5.41) is 16.5. The zero-order valence-corrected chi connectivity index (χ0v) is 9.89. The van der Waals surface area contributed by atoms with E-state index in [0.29, 0.717) is 24.7 Å². The zero-order chi connectivity index (χ0) is 13.0. The van der Waals surface area contributed by atoms with Crippen molar-refractivity contribution >= 4 is 17.3 Å². The lowest BCUT2D eigenvalue weighted by Gasteiger charge is -2.05. The number of non-ortho nitro benzene ring substituents is 1. The highest BCUT2D eigenvalue weighted by molar-refractivity contribution is 5.91. The standard InChI is InChI=1S/C12H15N3O3/c16-12(6-7-13-9-4-5-9)14-10-2-1-3-11(8-10)15(17)18/h1-3,8-9,13H,4-7H2,(H,14,16). The minimum atomic E-state index is -0.482. The molecule has 1 aliphatic rings. The van der Waals surface area contributed by atoms with Gasteiger partial charge in [-0.15, -0.1) is 0 Å². The van der Waals surface area contributed by atoms with Gasteiger partial charge in [-0.3, -0.25) is 14.9 Å². The average molecular weight is 249 g/mol. The summed E-state index contributed by atoms with van der Waals surface area (Å²) in [5.74, 6) is -0.136. The van der Waals surface area contributed by atoms with Crippen LogP contribution in [0, 0.1) is 10.1 Å². The molecule has 1 aliphatic carbocycles. The van der Waals surface area contributed by atoms with E-state index in [1.165, 1.54) is 25.0 Å². The summed E-state index contributed by atoms with van der Waals surface area (Å²) in [7, 11) is 0. The third-order valence-electron chi connectivity index (χ3n) is 2.70. The van der Waals surface area contributed by atoms with Crippen LogP contribution in [0.1, 0.15) is 19.3 Å². The van der Waals surface area contributed by atoms with Crippen molar-refractivity contribution in [3.05, 3.63) is 34.4 Å². The van der Waals surface area contributed by atoms with E-state index in [0.717, 1.165) is 0 Å². The van der Waals surface area contributed by atoms with Crippen molar-refractivity contribution in [3.63, 3.8) is 0 Å². The predicted molar refractivity (Wildman–Crippen MR) is 67.4 cm³/mol. The van der Waals surface area contributed by atoms with Crippen molar-refractivity contribution in [3.8, 4) is 0 Å². The molecule has 6 heteroatoms. The van der Waals surface area contributed by atoms with Gasteiger partial charge in [0.25, 0.3) is 5.69 Å². The van der Waals surface area contributed by atoms with E-state index in [9.17, 15) is 14.9 Å². The van der Waals surface area contributed by atoms with Crippen LogP contribution in [0.15, 0.2) is 24.3 Å². The lowest BCUT2D eigenvalue weighted by atomic mass is 10.2. The Morgan fingerprint density at radius 3 is 2.89 bits per heavy atom. The monoisotopic (exact) mass is 249 g/mol. The average Bonchev–Trinajstić information content (AvgIpc) is 3.13. The largest absolute Gasteiger partial charge is 0.326 e. The number of hydrogen-bond donors (Lipinski definition) is 2. The van der Waals surface area contributed by atoms with Gasteiger partial charge in [-0.05, 0) is 18.9 Å². The topological polar surface area (TPSA) is 84.3 Å². The Kier molecular flexibility index (Phi) is 3.88. The molecule has 0 bridgehead atoms. The molecule has 1 aromatic rings. The van der Waals surface area contributed by atoms with Crippen LogP contribution in [0.4, 0.5) is 11.4 Å². The molecule has 0 atom stereocenters. The second-order valence-corrected chi connectivity index (χ2v) is 4.33. The highest BCUT2D eigenvalue weighted by atomic mass is 16.6. The molecule has 1 aromatic carbocycles. The summed E-state index contributed by atoms with van der Waals surface area (Å²) >= 11 is 0. The van der Waals surface area contributed by atoms with E-state index in [4.69, 9.17) is 0 Å². The van der Waals surface area contributed by atoms with E-state index in [-0.39, 0.29) is 11.6 Å². The van der Waals surface area contributed by atoms with Gasteiger partial charge in [-0.25, -0.2) is 0 Å². The van der Waals surface area contributed by atoms with E-state index < -0.39 is 4.92 Å². The van der Waals surface area contributed by atoms with E-state index in [1.54, 1.807) is 12.1 Å². The second kappa shape index (κ2) is 5.59. The molecular formula is C12H15N3O3. The summed E-state index contributed by atoms with van der Waals surface area (Å²) in [6, 6.07) is 6.52. The molecule has 6 nitrogen and oxygen atoms in total. The summed E-state index contributed by atoms with van der Waals surface area (Å²) in [6.45, 7) is 0.644. The summed E-state index contributed by atoms with van der Waals surface area (Å²) in [4.78, 5) is 21.7. The van der Waals surface area contributed by atoms with Crippen molar-refractivity contribution in [1.29, 1.82) is 0 Å². The number of nitro benzene ring substituents is 1. The third kappa shape index (κ3) is 3.81. The van der Waals surface area contributed by atoms with Gasteiger partial charge in [0.05, 0.1) is 4.92 Å². The van der Waals surface area contributed by atoms with Crippen LogP contribution in [-0.4, -0.2) is 23.4 Å². The van der Waals surface area contributed by atoms with Crippen LogP contribution in [0.3, 0.4) is 0 Å². The number of nitro groups is 1. The zero-order valence-electron chi connectivity index (χ0n) is 9.89. The van der Waals surface area contributed by atoms with Crippen molar-refractivity contribution in [2.75, 3.05) is 11.9 Å². The number of rotatable bonds is 6. The molecule has 0 spiro atoms. The van der Waals surface area contributed by atoms with Gasteiger partial charge in [-0.2, -0.15) is 0 Å². The fraction of sp³-hybridized carbons (Fsp3) is 0.417. The molecule has 0 unspecified atom stereocenters. The number of nitrogens with zero attached hydrogens (tertiary/aromatic N) is 1. The first-order chi connectivity index (χ1) is 8.65. The number of amides is 1. The first kappa shape index (κ1) is 12.5. The van der Waals surface area contributed by atoms with Gasteiger partial charge in [0, 0.05) is 36.8 Å². The van der Waals surface area contributed by atoms with Gasteiger partial charge >= 0.3 is 0 Å². The molecule has 2 rings (SSSR count). The number of nitrogens with one attached hydrogen (secondary N) is 2. The van der Waals surface area contributed by atoms with Gasteiger partial charge in [0.15, 0.2) is 0 Å². The van der Waals surface area contributed by atoms with Gasteiger partial charge in [0.1, 0.15) is 0 Å². The number of hydrogen-bond acceptors (Lipinski definition) is 4. The Bertz CT molecular complexity index is 458. The SMILES string of the molecule is O=C(CCNC1CC1)Nc1cccc([N+](=O)[O-])c1. The Morgan fingerprint density at radius 1 is 1.44 bits per heavy atom. The molecule has 18 heavy (non-hydrogen) atoms. The van der Waals surface area contributed by atoms with Crippen LogP contribution in [0.2, 0.25) is 0 Å². The van der Waals surface area contributed by atoms with E-state index in [1.807, 2.05) is 0 Å². The normalized spacial score (nSPS) is 14.2. The van der Waals surface area contributed by atoms with E-state index >= 15 is 0 Å². The van der Waals surface area contributed by atoms with E-state index in [2.05, 4.69) is 10.6 Å². The smallest absolute Gasteiger partial charge is 0.271 e. The highest BCUT2D eigenvalue weighted by Gasteiger charge is 2.20. The minimum Gasteiger partial charge on any atom is -0.326 e. The molecule has 0 heterocycles. The molecule has 0 radical (unpaired) electrons. The van der Waals surface area contributed by atoms with Crippen LogP contribution in [0.25, 0.3) is 0 Å². The molecule has 2 N–H and O–H groups in total. The maximum atomic E-state index is 11.6. The number of benzene rings is 1. The fourth-order valence-electron chi connectivity index (χ4n) is 1.60. The highest BCUT2D eigenvalue weighted by Crippen LogP contribution is 2.19. The van der Waals surface area contributed by atoms with Crippen LogP contribution < -0.4 is 10.6 Å². The molecule has 0 aliphatic heterocycles. The Morgan fingerprint density at radius 2 is 2.22 bits per heavy atom. The first-order valence-corrected chi connectivity index (χ1v) is 5.93. The third-order valence-corrected chi connectivity index (χ3v) is 2.70. The first-order valence-electron chi connectivity index (χ1n) is 5.93. The summed E-state index contributed by atoms with van der Waals surface area (Å²) < 4.78 is 0. The van der Waals surface area contributed by atoms with Crippen molar-refractivity contribution in [2.45, 2.75) is 25.3 Å². The lowest BCUT2D eigenvalue weighted by Crippen LogP contribution is -2.23. The molecule has 1 saturated carbocycles. The molecule has 0 aromatic heterocycles. The summed E-state index contributed by atoms with van der Waals surface area (Å²) in [5.41, 5.74) is 0.435. The second-order valence-electron chi connectivity index (χ2n) is 4.33. The fourth-order valence-corrected chi connectivity index (χ4v) is 1.60. The molecule has 0 saturated heterocycles.